The first kappa shape index (κ1) is 23.0. The lowest BCUT2D eigenvalue weighted by Gasteiger charge is -2.41. The molecule has 1 saturated heterocycles. The summed E-state index contributed by atoms with van der Waals surface area (Å²) < 4.78 is 18.4. The van der Waals surface area contributed by atoms with Crippen LogP contribution in [0.4, 0.5) is 16.0 Å². The minimum atomic E-state index is -0.554. The number of benzene rings is 1. The van der Waals surface area contributed by atoms with Crippen LogP contribution in [0.5, 0.6) is 0 Å². The predicted octanol–water partition coefficient (Wildman–Crippen LogP) is 3.06. The quantitative estimate of drug-likeness (QED) is 0.542. The van der Waals surface area contributed by atoms with Crippen LogP contribution in [0.25, 0.3) is 11.3 Å². The molecule has 1 atom stereocenters. The van der Waals surface area contributed by atoms with E-state index >= 15 is 0 Å². The van der Waals surface area contributed by atoms with E-state index in [1.165, 1.54) is 25.4 Å². The van der Waals surface area contributed by atoms with Gasteiger partial charge in [0, 0.05) is 31.2 Å². The fourth-order valence-corrected chi connectivity index (χ4v) is 4.10. The van der Waals surface area contributed by atoms with Gasteiger partial charge in [0.1, 0.15) is 17.7 Å². The maximum atomic E-state index is 13.7. The molecular formula is C24H24FN7O2. The van der Waals surface area contributed by atoms with Crippen molar-refractivity contribution in [2.45, 2.75) is 26.8 Å². The van der Waals surface area contributed by atoms with E-state index in [4.69, 9.17) is 5.26 Å². The molecule has 34 heavy (non-hydrogen) atoms. The van der Waals surface area contributed by atoms with E-state index < -0.39 is 11.8 Å². The lowest BCUT2D eigenvalue weighted by atomic mass is 10.0. The number of anilines is 2. The van der Waals surface area contributed by atoms with Gasteiger partial charge in [0.05, 0.1) is 30.8 Å². The van der Waals surface area contributed by atoms with Gasteiger partial charge in [0.15, 0.2) is 11.5 Å². The van der Waals surface area contributed by atoms with E-state index in [9.17, 15) is 9.18 Å². The molecule has 0 bridgehead atoms. The summed E-state index contributed by atoms with van der Waals surface area (Å²) in [7, 11) is 1.31. The number of esters is 1. The molecule has 1 fully saturated rings. The summed E-state index contributed by atoms with van der Waals surface area (Å²) >= 11 is 0. The summed E-state index contributed by atoms with van der Waals surface area (Å²) in [6, 6.07) is 6.37. The molecule has 0 saturated carbocycles. The third kappa shape index (κ3) is 4.24. The number of piperazine rings is 1. The van der Waals surface area contributed by atoms with E-state index in [1.54, 1.807) is 12.3 Å². The first-order valence-corrected chi connectivity index (χ1v) is 10.8. The normalized spacial score (nSPS) is 15.7. The molecule has 1 aliphatic rings. The Morgan fingerprint density at radius 3 is 2.62 bits per heavy atom. The van der Waals surface area contributed by atoms with Gasteiger partial charge in [-0.25, -0.2) is 19.2 Å². The van der Waals surface area contributed by atoms with Crippen molar-refractivity contribution in [3.8, 4) is 17.3 Å². The molecule has 3 aromatic rings. The number of rotatable bonds is 4. The van der Waals surface area contributed by atoms with Gasteiger partial charge in [-0.2, -0.15) is 5.26 Å². The van der Waals surface area contributed by atoms with E-state index in [1.807, 2.05) is 19.9 Å². The van der Waals surface area contributed by atoms with E-state index in [2.05, 4.69) is 41.6 Å². The van der Waals surface area contributed by atoms with Crippen LogP contribution in [0.3, 0.4) is 0 Å². The van der Waals surface area contributed by atoms with Crippen molar-refractivity contribution < 1.29 is 13.9 Å². The number of carbonyl (C=O) groups is 1. The Morgan fingerprint density at radius 1 is 1.18 bits per heavy atom. The number of nitriles is 1. The third-order valence-electron chi connectivity index (χ3n) is 6.11. The van der Waals surface area contributed by atoms with Gasteiger partial charge in [0.2, 0.25) is 0 Å². The van der Waals surface area contributed by atoms with E-state index in [0.29, 0.717) is 36.7 Å². The summed E-state index contributed by atoms with van der Waals surface area (Å²) in [5, 5.41) is 18.1. The van der Waals surface area contributed by atoms with Crippen molar-refractivity contribution in [2.75, 3.05) is 36.5 Å². The Kier molecular flexibility index (Phi) is 6.36. The molecule has 174 valence electrons. The molecule has 10 heteroatoms. The molecule has 9 nitrogen and oxygen atoms in total. The Morgan fingerprint density at radius 2 is 1.97 bits per heavy atom. The van der Waals surface area contributed by atoms with Crippen LogP contribution >= 0.6 is 0 Å². The minimum Gasteiger partial charge on any atom is -0.464 e. The fraction of sp³-hybridized carbons (Fsp3) is 0.333. The van der Waals surface area contributed by atoms with E-state index in [-0.39, 0.29) is 17.3 Å². The highest BCUT2D eigenvalue weighted by atomic mass is 19.1. The highest BCUT2D eigenvalue weighted by Gasteiger charge is 2.28. The SMILES string of the molecule is COC(=O)c1cnc(N2CCN(c3nnc(-c4ccc(F)c(C#N)c4)c(C)c3C)CC2C)cn1. The average molecular weight is 462 g/mol. The molecule has 0 N–H and O–H groups in total. The first-order chi connectivity index (χ1) is 16.3. The molecule has 1 aliphatic heterocycles. The topological polar surface area (TPSA) is 108 Å². The summed E-state index contributed by atoms with van der Waals surface area (Å²) in [4.78, 5) is 24.5. The van der Waals surface area contributed by atoms with E-state index in [0.717, 1.165) is 16.9 Å². The zero-order chi connectivity index (χ0) is 24.4. The zero-order valence-electron chi connectivity index (χ0n) is 19.4. The Hall–Kier alpha value is -4.13. The predicted molar refractivity (Wildman–Crippen MR) is 124 cm³/mol. The smallest absolute Gasteiger partial charge is 0.358 e. The van der Waals surface area contributed by atoms with Crippen LogP contribution in [0, 0.1) is 31.0 Å². The maximum absolute atomic E-state index is 13.7. The second kappa shape index (κ2) is 9.39. The number of halogens is 1. The van der Waals surface area contributed by atoms with Gasteiger partial charge in [-0.15, -0.1) is 10.2 Å². The van der Waals surface area contributed by atoms with Gasteiger partial charge in [-0.05, 0) is 50.1 Å². The van der Waals surface area contributed by atoms with Crippen LogP contribution in [-0.2, 0) is 4.74 Å². The molecular weight excluding hydrogens is 437 g/mol. The second-order valence-corrected chi connectivity index (χ2v) is 8.17. The highest BCUT2D eigenvalue weighted by molar-refractivity contribution is 5.86. The van der Waals surface area contributed by atoms with Crippen LogP contribution in [-0.4, -0.2) is 58.9 Å². The molecule has 3 heterocycles. The Labute approximate surface area is 196 Å². The van der Waals surface area contributed by atoms with Crippen molar-refractivity contribution in [2.24, 2.45) is 0 Å². The van der Waals surface area contributed by atoms with Gasteiger partial charge in [-0.1, -0.05) is 0 Å². The highest BCUT2D eigenvalue weighted by Crippen LogP contribution is 2.30. The van der Waals surface area contributed by atoms with Crippen molar-refractivity contribution in [1.82, 2.24) is 20.2 Å². The molecule has 0 aliphatic carbocycles. The second-order valence-electron chi connectivity index (χ2n) is 8.17. The van der Waals surface area contributed by atoms with Crippen molar-refractivity contribution in [3.63, 3.8) is 0 Å². The number of methoxy groups -OCH3 is 1. The number of hydrogen-bond donors (Lipinski definition) is 0. The summed E-state index contributed by atoms with van der Waals surface area (Å²) in [6.07, 6.45) is 3.01. The lowest BCUT2D eigenvalue weighted by Crippen LogP contribution is -2.53. The first-order valence-electron chi connectivity index (χ1n) is 10.8. The molecule has 0 radical (unpaired) electrons. The summed E-state index contributed by atoms with van der Waals surface area (Å²) in [6.45, 7) is 8.13. The average Bonchev–Trinajstić information content (AvgIpc) is 2.85. The van der Waals surface area contributed by atoms with Gasteiger partial charge in [-0.3, -0.25) is 0 Å². The largest absolute Gasteiger partial charge is 0.464 e. The molecule has 1 aromatic carbocycles. The maximum Gasteiger partial charge on any atom is 0.358 e. The van der Waals surface area contributed by atoms with Crippen LogP contribution in [0.1, 0.15) is 34.1 Å². The number of carbonyl (C=O) groups excluding carboxylic acids is 1. The molecule has 1 unspecified atom stereocenters. The summed E-state index contributed by atoms with van der Waals surface area (Å²) in [5.41, 5.74) is 3.35. The number of hydrogen-bond acceptors (Lipinski definition) is 9. The van der Waals surface area contributed by atoms with Gasteiger partial charge in [0.25, 0.3) is 0 Å². The monoisotopic (exact) mass is 461 g/mol. The van der Waals surface area contributed by atoms with Gasteiger partial charge < -0.3 is 14.5 Å². The number of nitrogens with zero attached hydrogens (tertiary/aromatic N) is 7. The molecule has 4 rings (SSSR count). The van der Waals surface area contributed by atoms with Crippen molar-refractivity contribution in [1.29, 1.82) is 5.26 Å². The number of aromatic nitrogens is 4. The Balaban J connectivity index is 1.53. The van der Waals surface area contributed by atoms with Crippen LogP contribution < -0.4 is 9.80 Å². The fourth-order valence-electron chi connectivity index (χ4n) is 4.10. The minimum absolute atomic E-state index is 0.0203. The van der Waals surface area contributed by atoms with Crippen LogP contribution in [0.15, 0.2) is 30.6 Å². The zero-order valence-corrected chi connectivity index (χ0v) is 19.4. The Bertz CT molecular complexity index is 1270. The summed E-state index contributed by atoms with van der Waals surface area (Å²) in [5.74, 6) is 0.414. The van der Waals surface area contributed by atoms with Crippen molar-refractivity contribution >= 4 is 17.6 Å². The lowest BCUT2D eigenvalue weighted by molar-refractivity contribution is 0.0593. The molecule has 0 spiro atoms. The third-order valence-corrected chi connectivity index (χ3v) is 6.11. The molecule has 2 aromatic heterocycles. The molecule has 0 amide bonds. The standard InChI is InChI=1S/C24H24FN7O2/c1-14-13-31(7-8-32(14)21-12-27-20(11-28-21)24(33)34-4)23-16(3)15(2)22(29-30-23)17-5-6-19(25)18(9-17)10-26/h5-6,9,11-12,14H,7-8,13H2,1-4H3. The van der Waals surface area contributed by atoms with Gasteiger partial charge >= 0.3 is 5.97 Å². The number of ether oxygens (including phenoxy) is 1. The van der Waals surface area contributed by atoms with Crippen LogP contribution in [0.2, 0.25) is 0 Å². The van der Waals surface area contributed by atoms with Crippen molar-refractivity contribution in [3.05, 3.63) is 58.8 Å².